The quantitative estimate of drug-likeness (QED) is 0.0937. The lowest BCUT2D eigenvalue weighted by Gasteiger charge is -2.30. The highest BCUT2D eigenvalue weighted by Crippen LogP contribution is 2.39. The van der Waals surface area contributed by atoms with Gasteiger partial charge in [0.15, 0.2) is 0 Å². The maximum absolute atomic E-state index is 5.43. The summed E-state index contributed by atoms with van der Waals surface area (Å²) < 4.78 is 0. The standard InChI is InChI=1S/C67H60N2/c1-47-22-14-18-30-62(47)67(6,7)63-31-19-17-27-57(63)42-53-34-36-54(37-35-53)50(4)55-38-40-56(41-39-55)59-44-58(51(5)69(61-28-12-9-13-29-61)66-33-21-16-24-49(66)3)45-60(46-59)65(43-52-25-10-8-11-26-52)68-64-32-20-15-23-48(64)2/h8-41,44-46H,4-5,42-43H2,1-3,6-7H3/b68-65+. The molecule has 0 radical (unpaired) electrons. The van der Waals surface area contributed by atoms with Crippen molar-refractivity contribution in [3.05, 3.63) is 304 Å². The number of hydrogen-bond acceptors (Lipinski definition) is 2. The largest absolute Gasteiger partial charge is 0.310 e. The monoisotopic (exact) mass is 892 g/mol. The van der Waals surface area contributed by atoms with E-state index < -0.39 is 0 Å². The molecular weight excluding hydrogens is 833 g/mol. The predicted octanol–water partition coefficient (Wildman–Crippen LogP) is 17.4. The van der Waals surface area contributed by atoms with E-state index in [1.807, 2.05) is 0 Å². The van der Waals surface area contributed by atoms with Crippen LogP contribution >= 0.6 is 0 Å². The van der Waals surface area contributed by atoms with Crippen LogP contribution in [-0.2, 0) is 18.3 Å². The summed E-state index contributed by atoms with van der Waals surface area (Å²) in [5.41, 5.74) is 22.4. The van der Waals surface area contributed by atoms with E-state index in [1.165, 1.54) is 38.9 Å². The Kier molecular flexibility index (Phi) is 13.6. The van der Waals surface area contributed by atoms with E-state index >= 15 is 0 Å². The second-order valence-electron chi connectivity index (χ2n) is 18.7. The maximum atomic E-state index is 5.43. The van der Waals surface area contributed by atoms with E-state index in [9.17, 15) is 0 Å². The Morgan fingerprint density at radius 3 is 1.68 bits per heavy atom. The van der Waals surface area contributed by atoms with E-state index in [1.54, 1.807) is 0 Å². The highest BCUT2D eigenvalue weighted by Gasteiger charge is 2.27. The molecule has 0 aromatic heterocycles. The minimum Gasteiger partial charge on any atom is -0.310 e. The van der Waals surface area contributed by atoms with Crippen molar-refractivity contribution in [3.8, 4) is 11.1 Å². The van der Waals surface area contributed by atoms with Crippen LogP contribution in [0, 0.1) is 20.8 Å². The van der Waals surface area contributed by atoms with Crippen LogP contribution in [-0.4, -0.2) is 5.71 Å². The molecule has 0 saturated carbocycles. The summed E-state index contributed by atoms with van der Waals surface area (Å²) in [7, 11) is 0. The number of rotatable bonds is 15. The molecule has 0 aliphatic carbocycles. The van der Waals surface area contributed by atoms with Gasteiger partial charge in [-0.05, 0) is 153 Å². The first-order valence-electron chi connectivity index (χ1n) is 24.0. The number of hydrogen-bond donors (Lipinski definition) is 0. The van der Waals surface area contributed by atoms with Gasteiger partial charge in [-0.15, -0.1) is 0 Å². The van der Waals surface area contributed by atoms with Gasteiger partial charge in [-0.3, -0.25) is 4.99 Å². The lowest BCUT2D eigenvalue weighted by molar-refractivity contribution is 0.629. The fraction of sp³-hybridized carbons (Fsp3) is 0.119. The Balaban J connectivity index is 1.06. The number of para-hydroxylation sites is 3. The van der Waals surface area contributed by atoms with Crippen molar-refractivity contribution >= 4 is 34.0 Å². The summed E-state index contributed by atoms with van der Waals surface area (Å²) in [4.78, 5) is 7.70. The van der Waals surface area contributed by atoms with Gasteiger partial charge in [0, 0.05) is 28.9 Å². The van der Waals surface area contributed by atoms with Gasteiger partial charge >= 0.3 is 0 Å². The van der Waals surface area contributed by atoms with Crippen molar-refractivity contribution < 1.29 is 0 Å². The molecular formula is C67H60N2. The molecule has 0 spiro atoms. The number of anilines is 2. The van der Waals surface area contributed by atoms with E-state index in [0.29, 0.717) is 6.42 Å². The zero-order valence-corrected chi connectivity index (χ0v) is 40.6. The fourth-order valence-corrected chi connectivity index (χ4v) is 9.70. The Bertz CT molecular complexity index is 3280. The average Bonchev–Trinajstić information content (AvgIpc) is 3.38. The first-order chi connectivity index (χ1) is 33.5. The lowest BCUT2D eigenvalue weighted by Crippen LogP contribution is -2.22. The molecule has 0 saturated heterocycles. The van der Waals surface area contributed by atoms with Gasteiger partial charge in [-0.2, -0.15) is 0 Å². The van der Waals surface area contributed by atoms with Crippen molar-refractivity contribution in [2.45, 2.75) is 52.9 Å². The molecule has 0 aliphatic heterocycles. The highest BCUT2D eigenvalue weighted by molar-refractivity contribution is 6.05. The third kappa shape index (κ3) is 10.3. The fourth-order valence-electron chi connectivity index (χ4n) is 9.70. The summed E-state index contributed by atoms with van der Waals surface area (Å²) in [5.74, 6) is 0. The van der Waals surface area contributed by atoms with Gasteiger partial charge < -0.3 is 4.90 Å². The smallest absolute Gasteiger partial charge is 0.0662 e. The molecule has 2 heteroatoms. The molecule has 0 unspecified atom stereocenters. The molecule has 0 aliphatic rings. The van der Waals surface area contributed by atoms with Crippen LogP contribution in [0.25, 0.3) is 22.4 Å². The zero-order valence-electron chi connectivity index (χ0n) is 40.6. The minimum atomic E-state index is -0.123. The third-order valence-corrected chi connectivity index (χ3v) is 13.6. The second kappa shape index (κ2) is 20.4. The van der Waals surface area contributed by atoms with Gasteiger partial charge in [-0.25, -0.2) is 0 Å². The summed E-state index contributed by atoms with van der Waals surface area (Å²) in [6, 6.07) is 80.3. The molecule has 2 nitrogen and oxygen atoms in total. The van der Waals surface area contributed by atoms with E-state index in [0.717, 1.165) is 79.4 Å². The van der Waals surface area contributed by atoms with Gasteiger partial charge in [0.1, 0.15) is 0 Å². The Morgan fingerprint density at radius 2 is 1.01 bits per heavy atom. The molecule has 9 aromatic rings. The van der Waals surface area contributed by atoms with Gasteiger partial charge in [0.2, 0.25) is 0 Å². The maximum Gasteiger partial charge on any atom is 0.0662 e. The second-order valence-corrected chi connectivity index (χ2v) is 18.7. The van der Waals surface area contributed by atoms with Crippen LogP contribution in [0.1, 0.15) is 80.6 Å². The number of aliphatic imine (C=N–C) groups is 1. The van der Waals surface area contributed by atoms with Crippen LogP contribution < -0.4 is 4.90 Å². The van der Waals surface area contributed by atoms with Crippen LogP contribution in [0.4, 0.5) is 17.1 Å². The Labute approximate surface area is 410 Å². The SMILES string of the molecule is C=C(c1ccc(Cc2ccccc2C(C)(C)c2ccccc2C)cc1)c1ccc(-c2cc(C(=C)N(c3ccccc3)c3ccccc3C)cc(/C(Cc3ccccc3)=N/c3ccccc3C)c2)cc1. The van der Waals surface area contributed by atoms with Crippen LogP contribution in [0.3, 0.4) is 0 Å². The first kappa shape index (κ1) is 46.1. The summed E-state index contributed by atoms with van der Waals surface area (Å²) in [6.07, 6.45) is 1.53. The highest BCUT2D eigenvalue weighted by atomic mass is 15.1. The molecule has 9 aromatic carbocycles. The zero-order chi connectivity index (χ0) is 47.9. The summed E-state index contributed by atoms with van der Waals surface area (Å²) in [6.45, 7) is 20.6. The molecule has 0 atom stereocenters. The van der Waals surface area contributed by atoms with Crippen LogP contribution in [0.2, 0.25) is 0 Å². The Hall–Kier alpha value is -8.07. The average molecular weight is 893 g/mol. The lowest BCUT2D eigenvalue weighted by atomic mass is 9.74. The number of benzene rings is 9. The van der Waals surface area contributed by atoms with Gasteiger partial charge in [0.25, 0.3) is 0 Å². The molecule has 0 N–H and O–H groups in total. The predicted molar refractivity (Wildman–Crippen MR) is 295 cm³/mol. The van der Waals surface area contributed by atoms with Gasteiger partial charge in [0.05, 0.1) is 11.4 Å². The van der Waals surface area contributed by atoms with Crippen molar-refractivity contribution in [1.29, 1.82) is 0 Å². The van der Waals surface area contributed by atoms with Crippen molar-refractivity contribution in [3.63, 3.8) is 0 Å². The molecule has 9 rings (SSSR count). The minimum absolute atomic E-state index is 0.123. The van der Waals surface area contributed by atoms with E-state index in [4.69, 9.17) is 11.6 Å². The molecule has 0 heterocycles. The van der Waals surface area contributed by atoms with E-state index in [-0.39, 0.29) is 5.41 Å². The molecule has 69 heavy (non-hydrogen) atoms. The first-order valence-corrected chi connectivity index (χ1v) is 24.0. The molecule has 0 fully saturated rings. The Morgan fingerprint density at radius 1 is 0.464 bits per heavy atom. The third-order valence-electron chi connectivity index (χ3n) is 13.6. The van der Waals surface area contributed by atoms with Crippen molar-refractivity contribution in [2.75, 3.05) is 4.90 Å². The topological polar surface area (TPSA) is 15.6 Å². The normalized spacial score (nSPS) is 11.6. The van der Waals surface area contributed by atoms with Crippen molar-refractivity contribution in [1.82, 2.24) is 0 Å². The molecule has 0 bridgehead atoms. The summed E-state index contributed by atoms with van der Waals surface area (Å²) in [5, 5.41) is 0. The van der Waals surface area contributed by atoms with Crippen LogP contribution in [0.15, 0.2) is 243 Å². The molecule has 338 valence electrons. The van der Waals surface area contributed by atoms with E-state index in [2.05, 4.69) is 271 Å². The number of nitrogens with zero attached hydrogens (tertiary/aromatic N) is 2. The molecule has 0 amide bonds. The van der Waals surface area contributed by atoms with Crippen LogP contribution in [0.5, 0.6) is 0 Å². The number of aryl methyl sites for hydroxylation is 3. The van der Waals surface area contributed by atoms with Gasteiger partial charge in [-0.1, -0.05) is 209 Å². The summed E-state index contributed by atoms with van der Waals surface area (Å²) >= 11 is 0. The van der Waals surface area contributed by atoms with Crippen molar-refractivity contribution in [2.24, 2.45) is 4.99 Å².